The molecule has 0 spiro atoms. The molecule has 0 saturated heterocycles. The summed E-state index contributed by atoms with van der Waals surface area (Å²) in [4.78, 5) is 4.23. The van der Waals surface area contributed by atoms with Crippen LogP contribution in [0, 0.1) is 6.92 Å². The van der Waals surface area contributed by atoms with Gasteiger partial charge in [0.1, 0.15) is 18.1 Å². The molecule has 2 rings (SSSR count). The first kappa shape index (κ1) is 12.8. The van der Waals surface area contributed by atoms with Crippen molar-refractivity contribution in [3.8, 4) is 11.5 Å². The number of oxazole rings is 1. The van der Waals surface area contributed by atoms with Gasteiger partial charge in [0.05, 0.1) is 6.26 Å². The van der Waals surface area contributed by atoms with E-state index in [-0.39, 0.29) is 6.61 Å². The van der Waals surface area contributed by atoms with Gasteiger partial charge in [-0.05, 0) is 19.1 Å². The number of aromatic nitrogens is 1. The van der Waals surface area contributed by atoms with Crippen LogP contribution in [0.5, 0.6) is 0 Å². The number of aryl methyl sites for hydroxylation is 1. The first-order valence-electron chi connectivity index (χ1n) is 5.32. The molecule has 0 atom stereocenters. The lowest BCUT2D eigenvalue weighted by atomic mass is 10.2. The van der Waals surface area contributed by atoms with Crippen LogP contribution in [0.3, 0.4) is 0 Å². The van der Waals surface area contributed by atoms with E-state index in [1.165, 1.54) is 0 Å². The lowest BCUT2D eigenvalue weighted by molar-refractivity contribution is 0.305. The number of benzene rings is 1. The van der Waals surface area contributed by atoms with Gasteiger partial charge in [-0.15, -0.1) is 0 Å². The molecule has 0 N–H and O–H groups in total. The normalized spacial score (nSPS) is 11.7. The molecule has 1 aromatic carbocycles. The van der Waals surface area contributed by atoms with Crippen molar-refractivity contribution in [3.05, 3.63) is 41.8 Å². The zero-order chi connectivity index (χ0) is 13.2. The first-order valence-corrected chi connectivity index (χ1v) is 7.13. The molecule has 96 valence electrons. The minimum absolute atomic E-state index is 0.110. The van der Waals surface area contributed by atoms with Gasteiger partial charge in [-0.1, -0.05) is 18.2 Å². The van der Waals surface area contributed by atoms with Crippen LogP contribution in [-0.4, -0.2) is 19.7 Å². The Morgan fingerprint density at radius 2 is 1.94 bits per heavy atom. The van der Waals surface area contributed by atoms with Crippen LogP contribution in [-0.2, 0) is 20.9 Å². The third-order valence-electron chi connectivity index (χ3n) is 2.32. The molecule has 1 aromatic heterocycles. The molecular weight excluding hydrogens is 254 g/mol. The minimum atomic E-state index is -3.48. The van der Waals surface area contributed by atoms with Gasteiger partial charge in [0.2, 0.25) is 5.89 Å². The van der Waals surface area contributed by atoms with Gasteiger partial charge < -0.3 is 4.42 Å². The molecule has 0 aliphatic heterocycles. The Bertz CT molecular complexity index is 631. The summed E-state index contributed by atoms with van der Waals surface area (Å²) in [5, 5.41) is 0. The summed E-state index contributed by atoms with van der Waals surface area (Å²) in [7, 11) is -3.48. The summed E-state index contributed by atoms with van der Waals surface area (Å²) < 4.78 is 32.0. The molecule has 5 nitrogen and oxygen atoms in total. The summed E-state index contributed by atoms with van der Waals surface area (Å²) in [5.41, 5.74) is 1.32. The predicted octanol–water partition coefficient (Wildman–Crippen LogP) is 2.13. The molecule has 6 heteroatoms. The molecule has 0 unspecified atom stereocenters. The highest BCUT2D eigenvalue weighted by Crippen LogP contribution is 2.21. The zero-order valence-electron chi connectivity index (χ0n) is 10.1. The summed E-state index contributed by atoms with van der Waals surface area (Å²) in [6, 6.07) is 9.38. The van der Waals surface area contributed by atoms with E-state index in [1.54, 1.807) is 6.92 Å². The SMILES string of the molecule is Cc1oc(-c2ccccc2)nc1COS(C)(=O)=O. The van der Waals surface area contributed by atoms with Crippen LogP contribution >= 0.6 is 0 Å². The molecule has 0 aliphatic carbocycles. The third-order valence-corrected chi connectivity index (χ3v) is 2.87. The van der Waals surface area contributed by atoms with Crippen LogP contribution in [0.4, 0.5) is 0 Å². The second kappa shape index (κ2) is 4.91. The highest BCUT2D eigenvalue weighted by atomic mass is 32.2. The van der Waals surface area contributed by atoms with E-state index in [0.717, 1.165) is 11.8 Å². The maximum Gasteiger partial charge on any atom is 0.264 e. The standard InChI is InChI=1S/C12H13NO4S/c1-9-11(8-16-18(2,14)15)13-12(17-9)10-6-4-3-5-7-10/h3-7H,8H2,1-2H3. The van der Waals surface area contributed by atoms with Crippen LogP contribution in [0.25, 0.3) is 11.5 Å². The Kier molecular flexibility index (Phi) is 3.49. The van der Waals surface area contributed by atoms with E-state index in [2.05, 4.69) is 4.98 Å². The fourth-order valence-electron chi connectivity index (χ4n) is 1.43. The molecule has 0 saturated carbocycles. The van der Waals surface area contributed by atoms with Crippen molar-refractivity contribution in [3.63, 3.8) is 0 Å². The van der Waals surface area contributed by atoms with Crippen molar-refractivity contribution in [1.82, 2.24) is 4.98 Å². The molecule has 0 amide bonds. The topological polar surface area (TPSA) is 69.4 Å². The predicted molar refractivity (Wildman–Crippen MR) is 66.3 cm³/mol. The van der Waals surface area contributed by atoms with Crippen LogP contribution in [0.15, 0.2) is 34.7 Å². The van der Waals surface area contributed by atoms with Crippen LogP contribution in [0.1, 0.15) is 11.5 Å². The lowest BCUT2D eigenvalue weighted by Gasteiger charge is -1.97. The molecular formula is C12H13NO4S. The average molecular weight is 267 g/mol. The van der Waals surface area contributed by atoms with Gasteiger partial charge in [-0.2, -0.15) is 8.42 Å². The van der Waals surface area contributed by atoms with E-state index in [9.17, 15) is 8.42 Å². The Morgan fingerprint density at radius 1 is 1.28 bits per heavy atom. The molecule has 18 heavy (non-hydrogen) atoms. The molecule has 1 heterocycles. The van der Waals surface area contributed by atoms with Gasteiger partial charge in [0, 0.05) is 5.56 Å². The minimum Gasteiger partial charge on any atom is -0.441 e. The van der Waals surface area contributed by atoms with Gasteiger partial charge in [0.15, 0.2) is 0 Å². The number of nitrogens with zero attached hydrogens (tertiary/aromatic N) is 1. The van der Waals surface area contributed by atoms with Crippen molar-refractivity contribution in [2.24, 2.45) is 0 Å². The Morgan fingerprint density at radius 3 is 2.56 bits per heavy atom. The van der Waals surface area contributed by atoms with Gasteiger partial charge in [-0.25, -0.2) is 4.98 Å². The Labute approximate surface area is 106 Å². The number of rotatable bonds is 4. The second-order valence-electron chi connectivity index (χ2n) is 3.85. The first-order chi connectivity index (χ1) is 8.46. The summed E-state index contributed by atoms with van der Waals surface area (Å²) in [6.07, 6.45) is 1.00. The summed E-state index contributed by atoms with van der Waals surface area (Å²) in [6.45, 7) is 1.61. The largest absolute Gasteiger partial charge is 0.441 e. The van der Waals surface area contributed by atoms with Crippen LogP contribution < -0.4 is 0 Å². The van der Waals surface area contributed by atoms with Crippen molar-refractivity contribution in [2.45, 2.75) is 13.5 Å². The van der Waals surface area contributed by atoms with Crippen molar-refractivity contribution >= 4 is 10.1 Å². The maximum absolute atomic E-state index is 10.9. The number of hydrogen-bond acceptors (Lipinski definition) is 5. The average Bonchev–Trinajstić information content (AvgIpc) is 2.68. The Hall–Kier alpha value is -1.66. The molecule has 0 bridgehead atoms. The van der Waals surface area contributed by atoms with Gasteiger partial charge in [-0.3, -0.25) is 4.18 Å². The van der Waals surface area contributed by atoms with E-state index in [1.807, 2.05) is 30.3 Å². The maximum atomic E-state index is 10.9. The van der Waals surface area contributed by atoms with Crippen molar-refractivity contribution < 1.29 is 17.0 Å². The van der Waals surface area contributed by atoms with E-state index >= 15 is 0 Å². The molecule has 0 radical (unpaired) electrons. The third kappa shape index (κ3) is 3.18. The van der Waals surface area contributed by atoms with E-state index < -0.39 is 10.1 Å². The highest BCUT2D eigenvalue weighted by Gasteiger charge is 2.13. The van der Waals surface area contributed by atoms with Crippen molar-refractivity contribution in [1.29, 1.82) is 0 Å². The van der Waals surface area contributed by atoms with Crippen molar-refractivity contribution in [2.75, 3.05) is 6.26 Å². The molecule has 2 aromatic rings. The highest BCUT2D eigenvalue weighted by molar-refractivity contribution is 7.85. The number of hydrogen-bond donors (Lipinski definition) is 0. The summed E-state index contributed by atoms with van der Waals surface area (Å²) in [5.74, 6) is 1.01. The molecule has 0 aliphatic rings. The quantitative estimate of drug-likeness (QED) is 0.794. The van der Waals surface area contributed by atoms with E-state index in [0.29, 0.717) is 17.3 Å². The fraction of sp³-hybridized carbons (Fsp3) is 0.250. The van der Waals surface area contributed by atoms with E-state index in [4.69, 9.17) is 8.60 Å². The van der Waals surface area contributed by atoms with Gasteiger partial charge >= 0.3 is 0 Å². The summed E-state index contributed by atoms with van der Waals surface area (Å²) >= 11 is 0. The monoisotopic (exact) mass is 267 g/mol. The lowest BCUT2D eigenvalue weighted by Crippen LogP contribution is -2.03. The second-order valence-corrected chi connectivity index (χ2v) is 5.50. The molecule has 0 fully saturated rings. The fourth-order valence-corrected chi connectivity index (χ4v) is 1.75. The van der Waals surface area contributed by atoms with Gasteiger partial charge in [0.25, 0.3) is 10.1 Å². The van der Waals surface area contributed by atoms with Crippen LogP contribution in [0.2, 0.25) is 0 Å². The smallest absolute Gasteiger partial charge is 0.264 e. The Balaban J connectivity index is 2.23. The zero-order valence-corrected chi connectivity index (χ0v) is 10.9.